The molecule has 0 spiro atoms. The molecule has 2 aromatic heterocycles. The summed E-state index contributed by atoms with van der Waals surface area (Å²) in [7, 11) is 0. The number of aliphatic hydroxyl groups is 2. The zero-order chi connectivity index (χ0) is 18.1. The number of rotatable bonds is 2. The molecule has 3 atom stereocenters. The van der Waals surface area contributed by atoms with Gasteiger partial charge in [0.05, 0.1) is 18.1 Å². The Morgan fingerprint density at radius 3 is 2.77 bits per heavy atom. The third-order valence-electron chi connectivity index (χ3n) is 4.27. The number of nitrogens with two attached hydrogens (primary N) is 1. The van der Waals surface area contributed by atoms with E-state index in [-0.39, 0.29) is 18.8 Å². The molecule has 0 unspecified atom stereocenters. The van der Waals surface area contributed by atoms with Gasteiger partial charge in [0.2, 0.25) is 0 Å². The molecule has 1 aliphatic heterocycles. The molecule has 26 heavy (non-hydrogen) atoms. The summed E-state index contributed by atoms with van der Waals surface area (Å²) in [6.07, 6.45) is -0.359. The third-order valence-corrected chi connectivity index (χ3v) is 4.27. The molecular weight excluding hydrogens is 334 g/mol. The lowest BCUT2D eigenvalue weighted by Gasteiger charge is -2.12. The highest BCUT2D eigenvalue weighted by atomic mass is 16.5. The molecule has 4 N–H and O–H groups in total. The van der Waals surface area contributed by atoms with Crippen molar-refractivity contribution >= 4 is 16.9 Å². The number of nitrogen functional groups attached to an aromatic ring is 1. The van der Waals surface area contributed by atoms with Crippen LogP contribution < -0.4 is 5.73 Å². The van der Waals surface area contributed by atoms with Crippen molar-refractivity contribution in [3.8, 4) is 11.8 Å². The van der Waals surface area contributed by atoms with Gasteiger partial charge in [-0.15, -0.1) is 0 Å². The maximum absolute atomic E-state index is 9.99. The van der Waals surface area contributed by atoms with Crippen LogP contribution in [0.15, 0.2) is 36.7 Å². The van der Waals surface area contributed by atoms with Gasteiger partial charge in [0.15, 0.2) is 11.9 Å². The van der Waals surface area contributed by atoms with Crippen molar-refractivity contribution < 1.29 is 14.9 Å². The summed E-state index contributed by atoms with van der Waals surface area (Å²) in [5.74, 6) is 6.34. The van der Waals surface area contributed by atoms with E-state index in [2.05, 4.69) is 26.9 Å². The number of benzene rings is 1. The average molecular weight is 351 g/mol. The van der Waals surface area contributed by atoms with Crippen LogP contribution in [0.2, 0.25) is 0 Å². The molecule has 1 fully saturated rings. The molecule has 1 aliphatic rings. The second-order valence-corrected chi connectivity index (χ2v) is 5.98. The van der Waals surface area contributed by atoms with Crippen LogP contribution in [0.3, 0.4) is 0 Å². The van der Waals surface area contributed by atoms with Gasteiger partial charge in [0.25, 0.3) is 0 Å². The number of nitrogens with zero attached hydrogens (tertiary/aromatic N) is 4. The molecule has 8 heteroatoms. The van der Waals surface area contributed by atoms with Crippen LogP contribution in [0.25, 0.3) is 11.0 Å². The van der Waals surface area contributed by atoms with Gasteiger partial charge < -0.3 is 20.7 Å². The fourth-order valence-corrected chi connectivity index (χ4v) is 2.97. The van der Waals surface area contributed by atoms with Gasteiger partial charge in [-0.05, 0) is 18.1 Å². The lowest BCUT2D eigenvalue weighted by molar-refractivity contribution is -0.0470. The topological polar surface area (TPSA) is 119 Å². The van der Waals surface area contributed by atoms with Crippen molar-refractivity contribution in [2.45, 2.75) is 24.9 Å². The Bertz CT molecular complexity index is 992. The van der Waals surface area contributed by atoms with Gasteiger partial charge in [0.1, 0.15) is 23.9 Å². The summed E-state index contributed by atoms with van der Waals surface area (Å²) in [6.45, 7) is -0.269. The average Bonchev–Trinajstić information content (AvgIpc) is 3.22. The minimum atomic E-state index is -0.776. The van der Waals surface area contributed by atoms with E-state index in [4.69, 9.17) is 10.5 Å². The van der Waals surface area contributed by atoms with E-state index in [0.29, 0.717) is 16.7 Å². The maximum atomic E-state index is 9.99. The van der Waals surface area contributed by atoms with Gasteiger partial charge in [-0.2, -0.15) is 5.10 Å². The fraction of sp³-hybridized carbons (Fsp3) is 0.278. The molecule has 4 rings (SSSR count). The Morgan fingerprint density at radius 2 is 2.04 bits per heavy atom. The van der Waals surface area contributed by atoms with Crippen LogP contribution in [0.4, 0.5) is 5.82 Å². The molecule has 3 heterocycles. The summed E-state index contributed by atoms with van der Waals surface area (Å²) in [6, 6.07) is 9.52. The molecule has 1 aromatic carbocycles. The Labute approximate surface area is 149 Å². The van der Waals surface area contributed by atoms with Crippen LogP contribution in [-0.2, 0) is 4.74 Å². The number of anilines is 1. The van der Waals surface area contributed by atoms with E-state index < -0.39 is 18.4 Å². The van der Waals surface area contributed by atoms with Crippen LogP contribution in [-0.4, -0.2) is 48.8 Å². The quantitative estimate of drug-likeness (QED) is 0.573. The van der Waals surface area contributed by atoms with Crippen molar-refractivity contribution in [3.05, 3.63) is 47.9 Å². The van der Waals surface area contributed by atoms with E-state index in [1.807, 2.05) is 30.3 Å². The Kier molecular flexibility index (Phi) is 4.26. The van der Waals surface area contributed by atoms with Crippen LogP contribution in [0, 0.1) is 11.8 Å². The summed E-state index contributed by atoms with van der Waals surface area (Å²) in [5.41, 5.74) is 7.78. The summed E-state index contributed by atoms with van der Waals surface area (Å²) < 4.78 is 7.23. The van der Waals surface area contributed by atoms with Crippen molar-refractivity contribution in [2.75, 3.05) is 12.3 Å². The highest BCUT2D eigenvalue weighted by molar-refractivity contribution is 5.90. The standard InChI is InChI=1S/C18H17N5O3/c19-17-16-12(7-6-11-4-2-1-3-5-11)22-23(18(16)21-10-20-17)15-8-13(25)14(9-24)26-15/h1-5,10,13-15,24-25H,8-9H2,(H2,19,20,21)/t13-,14+,15+/m0/s1. The fourth-order valence-electron chi connectivity index (χ4n) is 2.97. The van der Waals surface area contributed by atoms with E-state index in [0.717, 1.165) is 5.56 Å². The third kappa shape index (κ3) is 2.88. The predicted octanol–water partition coefficient (Wildman–Crippen LogP) is 0.449. The van der Waals surface area contributed by atoms with E-state index in [1.165, 1.54) is 6.33 Å². The molecule has 0 aliphatic carbocycles. The Balaban J connectivity index is 1.79. The molecule has 0 amide bonds. The monoisotopic (exact) mass is 351 g/mol. The number of hydrogen-bond acceptors (Lipinski definition) is 7. The lowest BCUT2D eigenvalue weighted by atomic mass is 10.2. The van der Waals surface area contributed by atoms with Crippen LogP contribution in [0.5, 0.6) is 0 Å². The summed E-state index contributed by atoms with van der Waals surface area (Å²) in [5, 5.41) is 24.3. The zero-order valence-corrected chi connectivity index (χ0v) is 13.8. The van der Waals surface area contributed by atoms with Crippen LogP contribution >= 0.6 is 0 Å². The number of fused-ring (bicyclic) bond motifs is 1. The van der Waals surface area contributed by atoms with Gasteiger partial charge in [-0.3, -0.25) is 0 Å². The first kappa shape index (κ1) is 16.5. The second-order valence-electron chi connectivity index (χ2n) is 5.98. The van der Waals surface area contributed by atoms with Crippen LogP contribution in [0.1, 0.15) is 23.9 Å². The molecule has 0 radical (unpaired) electrons. The normalized spacial score (nSPS) is 22.3. The van der Waals surface area contributed by atoms with E-state index in [1.54, 1.807) is 4.68 Å². The maximum Gasteiger partial charge on any atom is 0.167 e. The second kappa shape index (κ2) is 6.72. The zero-order valence-electron chi connectivity index (χ0n) is 13.8. The minimum Gasteiger partial charge on any atom is -0.394 e. The summed E-state index contributed by atoms with van der Waals surface area (Å²) >= 11 is 0. The minimum absolute atomic E-state index is 0.269. The number of hydrogen-bond donors (Lipinski definition) is 3. The SMILES string of the molecule is Nc1ncnc2c1c(C#Cc1ccccc1)nn2[C@H]1C[C@H](O)[C@@H](CO)O1. The highest BCUT2D eigenvalue weighted by Crippen LogP contribution is 2.32. The molecule has 3 aromatic rings. The summed E-state index contributed by atoms with van der Waals surface area (Å²) in [4.78, 5) is 8.28. The molecular formula is C18H17N5O3. The molecule has 132 valence electrons. The number of ether oxygens (including phenoxy) is 1. The van der Waals surface area contributed by atoms with E-state index >= 15 is 0 Å². The first-order valence-electron chi connectivity index (χ1n) is 8.17. The van der Waals surface area contributed by atoms with Crippen molar-refractivity contribution in [2.24, 2.45) is 0 Å². The predicted molar refractivity (Wildman–Crippen MR) is 93.8 cm³/mol. The molecule has 8 nitrogen and oxygen atoms in total. The highest BCUT2D eigenvalue weighted by Gasteiger charge is 2.36. The lowest BCUT2D eigenvalue weighted by Crippen LogP contribution is -2.24. The Morgan fingerprint density at radius 1 is 1.23 bits per heavy atom. The first-order valence-corrected chi connectivity index (χ1v) is 8.17. The van der Waals surface area contributed by atoms with Gasteiger partial charge in [-0.1, -0.05) is 24.1 Å². The largest absolute Gasteiger partial charge is 0.394 e. The number of aromatic nitrogens is 4. The smallest absolute Gasteiger partial charge is 0.167 e. The molecule has 0 bridgehead atoms. The number of aliphatic hydroxyl groups excluding tert-OH is 2. The van der Waals surface area contributed by atoms with Crippen molar-refractivity contribution in [3.63, 3.8) is 0 Å². The van der Waals surface area contributed by atoms with Crippen molar-refractivity contribution in [1.82, 2.24) is 19.7 Å². The van der Waals surface area contributed by atoms with Gasteiger partial charge in [0, 0.05) is 12.0 Å². The molecule has 1 saturated heterocycles. The van der Waals surface area contributed by atoms with E-state index in [9.17, 15) is 10.2 Å². The molecule has 0 saturated carbocycles. The van der Waals surface area contributed by atoms with Gasteiger partial charge in [-0.25, -0.2) is 14.6 Å². The Hall–Kier alpha value is -2.99. The van der Waals surface area contributed by atoms with Crippen molar-refractivity contribution in [1.29, 1.82) is 0 Å². The van der Waals surface area contributed by atoms with Gasteiger partial charge >= 0.3 is 0 Å². The first-order chi connectivity index (χ1) is 12.7.